The maximum atomic E-state index is 12.7. The number of hydrogen-bond acceptors (Lipinski definition) is 1. The number of hydrogen-bond donors (Lipinski definition) is 1. The molecule has 0 heterocycles. The molecule has 3 saturated carbocycles. The van der Waals surface area contributed by atoms with E-state index in [1.165, 1.54) is 0 Å². The molecule has 9 heavy (non-hydrogen) atoms. The Labute approximate surface area is 60.4 Å². The maximum absolute atomic E-state index is 12.7. The molecule has 0 aromatic rings. The lowest BCUT2D eigenvalue weighted by atomic mass is 9.47. The summed E-state index contributed by atoms with van der Waals surface area (Å²) in [5.41, 5.74) is -0.488. The minimum absolute atomic E-state index is 0. The van der Waals surface area contributed by atoms with Gasteiger partial charge in [-0.3, -0.25) is 0 Å². The second-order valence-corrected chi connectivity index (χ2v) is 3.21. The third kappa shape index (κ3) is 0.696. The van der Waals surface area contributed by atoms with Gasteiger partial charge in [0.1, 0.15) is 5.67 Å². The first-order chi connectivity index (χ1) is 3.68. The predicted octanol–water partition coefficient (Wildman–Crippen LogP) is 1.27. The Hall–Kier alpha value is 0.180. The summed E-state index contributed by atoms with van der Waals surface area (Å²) < 4.78 is 12.7. The molecule has 0 atom stereocenters. The number of rotatable bonds is 1. The van der Waals surface area contributed by atoms with Gasteiger partial charge in [0.2, 0.25) is 0 Å². The van der Waals surface area contributed by atoms with Crippen LogP contribution < -0.4 is 5.32 Å². The van der Waals surface area contributed by atoms with E-state index in [9.17, 15) is 4.39 Å². The van der Waals surface area contributed by atoms with Crippen molar-refractivity contribution in [3.05, 3.63) is 0 Å². The molecule has 0 radical (unpaired) electrons. The van der Waals surface area contributed by atoms with Crippen molar-refractivity contribution in [2.45, 2.75) is 30.5 Å². The standard InChI is InChI=1S/C6H10FN.ClH/c1-8-6-2-5(7,3-6)4-6;/h8H,2-4H2,1H3;1H. The van der Waals surface area contributed by atoms with E-state index < -0.39 is 5.67 Å². The van der Waals surface area contributed by atoms with E-state index >= 15 is 0 Å². The molecule has 3 rings (SSSR count). The van der Waals surface area contributed by atoms with Crippen LogP contribution in [0.5, 0.6) is 0 Å². The summed E-state index contributed by atoms with van der Waals surface area (Å²) in [6, 6.07) is 0. The Morgan fingerprint density at radius 3 is 1.89 bits per heavy atom. The fraction of sp³-hybridized carbons (Fsp3) is 1.00. The topological polar surface area (TPSA) is 12.0 Å². The van der Waals surface area contributed by atoms with Gasteiger partial charge in [-0.15, -0.1) is 12.4 Å². The van der Waals surface area contributed by atoms with Gasteiger partial charge in [0.05, 0.1) is 0 Å². The molecule has 0 amide bonds. The van der Waals surface area contributed by atoms with E-state index in [1.807, 2.05) is 7.05 Å². The first kappa shape index (κ1) is 7.29. The zero-order chi connectivity index (χ0) is 5.83. The molecule has 0 aromatic carbocycles. The second kappa shape index (κ2) is 1.61. The van der Waals surface area contributed by atoms with Gasteiger partial charge in [0, 0.05) is 5.54 Å². The van der Waals surface area contributed by atoms with Gasteiger partial charge in [0.25, 0.3) is 0 Å². The normalized spacial score (nSPS) is 52.7. The minimum atomic E-state index is -0.733. The molecular formula is C6H11ClFN. The Balaban J connectivity index is 0.000000405. The first-order valence-electron chi connectivity index (χ1n) is 3.06. The van der Waals surface area contributed by atoms with Crippen molar-refractivity contribution in [1.29, 1.82) is 0 Å². The highest BCUT2D eigenvalue weighted by molar-refractivity contribution is 5.85. The van der Waals surface area contributed by atoms with Crippen LogP contribution in [-0.2, 0) is 0 Å². The number of nitrogens with one attached hydrogen (secondary N) is 1. The highest BCUT2D eigenvalue weighted by atomic mass is 35.5. The van der Waals surface area contributed by atoms with Crippen LogP contribution in [0.2, 0.25) is 0 Å². The van der Waals surface area contributed by atoms with Crippen molar-refractivity contribution in [2.75, 3.05) is 7.05 Å². The van der Waals surface area contributed by atoms with Gasteiger partial charge in [-0.2, -0.15) is 0 Å². The Morgan fingerprint density at radius 1 is 1.33 bits per heavy atom. The average molecular weight is 152 g/mol. The Kier molecular flexibility index (Phi) is 1.30. The van der Waals surface area contributed by atoms with Crippen LogP contribution in [0.1, 0.15) is 19.3 Å². The van der Waals surface area contributed by atoms with Crippen molar-refractivity contribution >= 4 is 12.4 Å². The summed E-state index contributed by atoms with van der Waals surface area (Å²) in [7, 11) is 1.92. The van der Waals surface area contributed by atoms with Gasteiger partial charge in [0.15, 0.2) is 0 Å². The molecule has 0 unspecified atom stereocenters. The summed E-state index contributed by atoms with van der Waals surface area (Å²) >= 11 is 0. The zero-order valence-corrected chi connectivity index (χ0v) is 6.22. The molecule has 3 aliphatic rings. The molecule has 0 aliphatic heterocycles. The van der Waals surface area contributed by atoms with E-state index in [0.29, 0.717) is 0 Å². The van der Waals surface area contributed by atoms with Gasteiger partial charge < -0.3 is 5.32 Å². The van der Waals surface area contributed by atoms with Crippen molar-refractivity contribution in [3.8, 4) is 0 Å². The summed E-state index contributed by atoms with van der Waals surface area (Å²) in [6.45, 7) is 0. The monoisotopic (exact) mass is 151 g/mol. The van der Waals surface area contributed by atoms with Gasteiger partial charge in [-0.05, 0) is 26.3 Å². The van der Waals surface area contributed by atoms with Crippen LogP contribution in [-0.4, -0.2) is 18.3 Å². The third-order valence-corrected chi connectivity index (χ3v) is 2.50. The van der Waals surface area contributed by atoms with E-state index in [2.05, 4.69) is 5.32 Å². The maximum Gasteiger partial charge on any atom is 0.116 e. The molecule has 0 saturated heterocycles. The van der Waals surface area contributed by atoms with Crippen LogP contribution in [0.3, 0.4) is 0 Å². The zero-order valence-electron chi connectivity index (χ0n) is 5.41. The summed E-state index contributed by atoms with van der Waals surface area (Å²) in [5, 5.41) is 3.13. The lowest BCUT2D eigenvalue weighted by Gasteiger charge is -2.65. The molecule has 1 nitrogen and oxygen atoms in total. The van der Waals surface area contributed by atoms with E-state index in [4.69, 9.17) is 0 Å². The number of halogens is 2. The average Bonchev–Trinajstić information content (AvgIpc) is 1.55. The van der Waals surface area contributed by atoms with E-state index in [1.54, 1.807) is 0 Å². The Bertz CT molecular complexity index is 117. The summed E-state index contributed by atoms with van der Waals surface area (Å²) in [4.78, 5) is 0. The molecular weight excluding hydrogens is 141 g/mol. The molecule has 54 valence electrons. The quantitative estimate of drug-likeness (QED) is 0.595. The highest BCUT2D eigenvalue weighted by Crippen LogP contribution is 2.62. The molecule has 3 fully saturated rings. The molecule has 1 N–H and O–H groups in total. The SMILES string of the molecule is CNC12CC(F)(C1)C2.Cl. The van der Waals surface area contributed by atoms with Gasteiger partial charge in [-0.25, -0.2) is 4.39 Å². The number of alkyl halides is 1. The van der Waals surface area contributed by atoms with Crippen molar-refractivity contribution < 1.29 is 4.39 Å². The van der Waals surface area contributed by atoms with Crippen LogP contribution in [0, 0.1) is 0 Å². The van der Waals surface area contributed by atoms with Crippen LogP contribution in [0.15, 0.2) is 0 Å². The van der Waals surface area contributed by atoms with Crippen molar-refractivity contribution in [2.24, 2.45) is 0 Å². The van der Waals surface area contributed by atoms with E-state index in [0.717, 1.165) is 19.3 Å². The fourth-order valence-electron chi connectivity index (χ4n) is 1.93. The minimum Gasteiger partial charge on any atom is -0.314 e. The van der Waals surface area contributed by atoms with Crippen LogP contribution in [0.25, 0.3) is 0 Å². The van der Waals surface area contributed by atoms with Crippen molar-refractivity contribution in [1.82, 2.24) is 5.32 Å². The lowest BCUT2D eigenvalue weighted by Crippen LogP contribution is -2.75. The third-order valence-electron chi connectivity index (χ3n) is 2.50. The highest BCUT2D eigenvalue weighted by Gasteiger charge is 2.68. The van der Waals surface area contributed by atoms with Gasteiger partial charge >= 0.3 is 0 Å². The molecule has 3 aliphatic carbocycles. The Morgan fingerprint density at radius 2 is 1.78 bits per heavy atom. The van der Waals surface area contributed by atoms with Crippen LogP contribution in [0.4, 0.5) is 4.39 Å². The molecule has 0 aromatic heterocycles. The first-order valence-corrected chi connectivity index (χ1v) is 3.06. The molecule has 0 spiro atoms. The fourth-order valence-corrected chi connectivity index (χ4v) is 1.93. The van der Waals surface area contributed by atoms with Crippen molar-refractivity contribution in [3.63, 3.8) is 0 Å². The smallest absolute Gasteiger partial charge is 0.116 e. The molecule has 2 bridgehead atoms. The summed E-state index contributed by atoms with van der Waals surface area (Å²) in [6.07, 6.45) is 2.28. The van der Waals surface area contributed by atoms with Crippen LogP contribution >= 0.6 is 12.4 Å². The largest absolute Gasteiger partial charge is 0.314 e. The van der Waals surface area contributed by atoms with E-state index in [-0.39, 0.29) is 17.9 Å². The molecule has 3 heteroatoms. The predicted molar refractivity (Wildman–Crippen MR) is 36.7 cm³/mol. The van der Waals surface area contributed by atoms with Gasteiger partial charge in [-0.1, -0.05) is 0 Å². The summed E-state index contributed by atoms with van der Waals surface area (Å²) in [5.74, 6) is 0. The second-order valence-electron chi connectivity index (χ2n) is 3.21. The lowest BCUT2D eigenvalue weighted by molar-refractivity contribution is -0.165.